The largest absolute Gasteiger partial charge is 0.452 e. The second-order valence-corrected chi connectivity index (χ2v) is 7.00. The number of ether oxygens (including phenoxy) is 1. The monoisotopic (exact) mass is 413 g/mol. The summed E-state index contributed by atoms with van der Waals surface area (Å²) >= 11 is 7.15. The highest BCUT2D eigenvalue weighted by molar-refractivity contribution is 7.14. The maximum Gasteiger partial charge on any atom is 0.338 e. The number of esters is 1. The topological polar surface area (TPSA) is 94.3 Å². The minimum atomic E-state index is -0.624. The molecular formula is C19H12ClN3O4S. The van der Waals surface area contributed by atoms with Crippen LogP contribution in [0.2, 0.25) is 5.02 Å². The van der Waals surface area contributed by atoms with E-state index in [2.05, 4.69) is 15.3 Å². The van der Waals surface area contributed by atoms with Crippen LogP contribution in [-0.2, 0) is 9.53 Å². The van der Waals surface area contributed by atoms with Crippen LogP contribution < -0.4 is 5.32 Å². The van der Waals surface area contributed by atoms with E-state index < -0.39 is 18.5 Å². The Hall–Kier alpha value is -3.23. The van der Waals surface area contributed by atoms with Crippen molar-refractivity contribution in [1.82, 2.24) is 9.97 Å². The normalized spacial score (nSPS) is 10.8. The van der Waals surface area contributed by atoms with Gasteiger partial charge in [-0.15, -0.1) is 11.3 Å². The molecule has 0 atom stereocenters. The second-order valence-electron chi connectivity index (χ2n) is 5.70. The zero-order chi connectivity index (χ0) is 19.5. The number of amides is 1. The predicted octanol–water partition coefficient (Wildman–Crippen LogP) is 4.40. The van der Waals surface area contributed by atoms with Crippen molar-refractivity contribution in [2.45, 2.75) is 0 Å². The van der Waals surface area contributed by atoms with Gasteiger partial charge in [-0.3, -0.25) is 10.1 Å². The number of fused-ring (bicyclic) bond motifs is 1. The summed E-state index contributed by atoms with van der Waals surface area (Å²) in [7, 11) is 0. The molecule has 140 valence electrons. The first-order valence-electron chi connectivity index (χ1n) is 8.10. The van der Waals surface area contributed by atoms with E-state index in [4.69, 9.17) is 20.8 Å². The second kappa shape index (κ2) is 7.79. The number of anilines is 1. The molecule has 2 aromatic heterocycles. The molecule has 2 heterocycles. The molecule has 0 bridgehead atoms. The fraction of sp³-hybridized carbons (Fsp3) is 0.0526. The Labute approximate surface area is 167 Å². The summed E-state index contributed by atoms with van der Waals surface area (Å²) in [6, 6.07) is 11.9. The van der Waals surface area contributed by atoms with Gasteiger partial charge in [0, 0.05) is 16.0 Å². The van der Waals surface area contributed by atoms with E-state index in [9.17, 15) is 9.59 Å². The minimum Gasteiger partial charge on any atom is -0.452 e. The summed E-state index contributed by atoms with van der Waals surface area (Å²) < 4.78 is 10.2. The SMILES string of the molecule is O=C(COC(=O)c1ccc2ocnc2c1)Nc1nc(-c2ccc(Cl)cc2)cs1. The smallest absolute Gasteiger partial charge is 0.338 e. The van der Waals surface area contributed by atoms with E-state index in [1.165, 1.54) is 23.8 Å². The quantitative estimate of drug-likeness (QED) is 0.487. The van der Waals surface area contributed by atoms with Crippen LogP contribution in [0.1, 0.15) is 10.4 Å². The molecule has 0 radical (unpaired) electrons. The van der Waals surface area contributed by atoms with Crippen LogP contribution in [0.5, 0.6) is 0 Å². The molecule has 0 fully saturated rings. The maximum atomic E-state index is 12.1. The van der Waals surface area contributed by atoms with Crippen molar-refractivity contribution in [3.63, 3.8) is 0 Å². The number of nitrogens with one attached hydrogen (secondary N) is 1. The molecule has 2 aromatic carbocycles. The Kier molecular flexibility index (Phi) is 5.05. The van der Waals surface area contributed by atoms with Crippen LogP contribution in [0.3, 0.4) is 0 Å². The molecule has 4 rings (SSSR count). The van der Waals surface area contributed by atoms with Crippen molar-refractivity contribution in [2.24, 2.45) is 0 Å². The summed E-state index contributed by atoms with van der Waals surface area (Å²) in [5.41, 5.74) is 2.99. The van der Waals surface area contributed by atoms with Crippen molar-refractivity contribution in [1.29, 1.82) is 0 Å². The third-order valence-electron chi connectivity index (χ3n) is 3.79. The lowest BCUT2D eigenvalue weighted by atomic mass is 10.2. The Bertz CT molecular complexity index is 1150. The molecule has 1 N–H and O–H groups in total. The van der Waals surface area contributed by atoms with E-state index in [-0.39, 0.29) is 5.56 Å². The minimum absolute atomic E-state index is 0.286. The molecule has 7 nitrogen and oxygen atoms in total. The number of halogens is 1. The average molecular weight is 414 g/mol. The van der Waals surface area contributed by atoms with E-state index in [1.54, 1.807) is 24.3 Å². The van der Waals surface area contributed by atoms with Crippen molar-refractivity contribution in [3.05, 3.63) is 64.8 Å². The first-order valence-corrected chi connectivity index (χ1v) is 9.36. The van der Waals surface area contributed by atoms with E-state index >= 15 is 0 Å². The van der Waals surface area contributed by atoms with E-state index in [1.807, 2.05) is 17.5 Å². The number of carbonyl (C=O) groups is 2. The van der Waals surface area contributed by atoms with Gasteiger partial charge in [-0.25, -0.2) is 14.8 Å². The van der Waals surface area contributed by atoms with Crippen LogP contribution in [0.25, 0.3) is 22.4 Å². The highest BCUT2D eigenvalue weighted by Gasteiger charge is 2.13. The first-order chi connectivity index (χ1) is 13.6. The predicted molar refractivity (Wildman–Crippen MR) is 105 cm³/mol. The number of thiazole rings is 1. The summed E-state index contributed by atoms with van der Waals surface area (Å²) in [4.78, 5) is 32.5. The van der Waals surface area contributed by atoms with Crippen LogP contribution in [-0.4, -0.2) is 28.5 Å². The van der Waals surface area contributed by atoms with Crippen molar-refractivity contribution in [2.75, 3.05) is 11.9 Å². The highest BCUT2D eigenvalue weighted by Crippen LogP contribution is 2.26. The van der Waals surface area contributed by atoms with Gasteiger partial charge in [0.15, 0.2) is 23.7 Å². The number of hydrogen-bond acceptors (Lipinski definition) is 7. The Balaban J connectivity index is 1.34. The maximum absolute atomic E-state index is 12.1. The van der Waals surface area contributed by atoms with Crippen molar-refractivity contribution >= 4 is 51.0 Å². The van der Waals surface area contributed by atoms with E-state index in [0.29, 0.717) is 21.3 Å². The van der Waals surface area contributed by atoms with Gasteiger partial charge in [-0.1, -0.05) is 23.7 Å². The van der Waals surface area contributed by atoms with Gasteiger partial charge in [0.2, 0.25) is 0 Å². The Morgan fingerprint density at radius 2 is 2.00 bits per heavy atom. The standard InChI is InChI=1S/C19H12ClN3O4S/c20-13-4-1-11(2-5-13)15-9-28-19(22-15)23-17(24)8-26-18(25)12-3-6-16-14(7-12)21-10-27-16/h1-7,9-10H,8H2,(H,22,23,24). The average Bonchev–Trinajstić information content (AvgIpc) is 3.35. The molecule has 0 aliphatic heterocycles. The van der Waals surface area contributed by atoms with Crippen LogP contribution in [0.4, 0.5) is 5.13 Å². The van der Waals surface area contributed by atoms with Gasteiger partial charge in [-0.2, -0.15) is 0 Å². The number of benzene rings is 2. The molecule has 4 aromatic rings. The molecule has 0 saturated carbocycles. The third kappa shape index (κ3) is 4.03. The van der Waals surface area contributed by atoms with Gasteiger partial charge >= 0.3 is 5.97 Å². The Morgan fingerprint density at radius 1 is 1.18 bits per heavy atom. The lowest BCUT2D eigenvalue weighted by Gasteiger charge is -2.04. The van der Waals surface area contributed by atoms with Crippen molar-refractivity contribution < 1.29 is 18.7 Å². The number of nitrogens with zero attached hydrogens (tertiary/aromatic N) is 2. The number of hydrogen-bond donors (Lipinski definition) is 1. The fourth-order valence-electron chi connectivity index (χ4n) is 2.44. The lowest BCUT2D eigenvalue weighted by Crippen LogP contribution is -2.20. The van der Waals surface area contributed by atoms with Crippen LogP contribution >= 0.6 is 22.9 Å². The number of rotatable bonds is 5. The van der Waals surface area contributed by atoms with Crippen molar-refractivity contribution in [3.8, 4) is 11.3 Å². The molecule has 0 saturated heterocycles. The molecule has 28 heavy (non-hydrogen) atoms. The van der Waals surface area contributed by atoms with Gasteiger partial charge in [0.1, 0.15) is 5.52 Å². The summed E-state index contributed by atoms with van der Waals surface area (Å²) in [5.74, 6) is -1.10. The van der Waals surface area contributed by atoms with Crippen LogP contribution in [0, 0.1) is 0 Å². The van der Waals surface area contributed by atoms with Gasteiger partial charge in [0.25, 0.3) is 5.91 Å². The van der Waals surface area contributed by atoms with Crippen LogP contribution in [0.15, 0.2) is 58.7 Å². The number of carbonyl (C=O) groups excluding carboxylic acids is 2. The van der Waals surface area contributed by atoms with Gasteiger partial charge in [-0.05, 0) is 30.3 Å². The van der Waals surface area contributed by atoms with E-state index in [0.717, 1.165) is 11.3 Å². The molecule has 0 aliphatic carbocycles. The fourth-order valence-corrected chi connectivity index (χ4v) is 3.30. The van der Waals surface area contributed by atoms with Gasteiger partial charge in [0.05, 0.1) is 11.3 Å². The number of aromatic nitrogens is 2. The summed E-state index contributed by atoms with van der Waals surface area (Å²) in [6.07, 6.45) is 1.29. The molecule has 0 spiro atoms. The molecule has 0 unspecified atom stereocenters. The number of oxazole rings is 1. The summed E-state index contributed by atoms with van der Waals surface area (Å²) in [5, 5.41) is 5.48. The molecule has 1 amide bonds. The lowest BCUT2D eigenvalue weighted by molar-refractivity contribution is -0.119. The van der Waals surface area contributed by atoms with Gasteiger partial charge < -0.3 is 9.15 Å². The summed E-state index contributed by atoms with van der Waals surface area (Å²) in [6.45, 7) is -0.425. The third-order valence-corrected chi connectivity index (χ3v) is 4.80. The molecule has 9 heteroatoms. The molecular weight excluding hydrogens is 402 g/mol. The Morgan fingerprint density at radius 3 is 2.82 bits per heavy atom. The zero-order valence-corrected chi connectivity index (χ0v) is 15.8. The molecule has 0 aliphatic rings. The zero-order valence-electron chi connectivity index (χ0n) is 14.2. The first kappa shape index (κ1) is 18.1. The highest BCUT2D eigenvalue weighted by atomic mass is 35.5.